The monoisotopic (exact) mass is 419 g/mol. The number of anilines is 3. The van der Waals surface area contributed by atoms with E-state index in [0.717, 1.165) is 5.69 Å². The van der Waals surface area contributed by atoms with Crippen molar-refractivity contribution in [3.05, 3.63) is 96.7 Å². The third-order valence-corrected chi connectivity index (χ3v) is 3.90. The maximum atomic E-state index is 12.4. The van der Waals surface area contributed by atoms with Gasteiger partial charge in [-0.1, -0.05) is 36.4 Å². The van der Waals surface area contributed by atoms with Crippen LogP contribution in [0, 0.1) is 0 Å². The summed E-state index contributed by atoms with van der Waals surface area (Å²) in [6.07, 6.45) is 2.83. The molecule has 0 unspecified atom stereocenters. The summed E-state index contributed by atoms with van der Waals surface area (Å²) in [6.45, 7) is 0. The van der Waals surface area contributed by atoms with Gasteiger partial charge in [-0.3, -0.25) is 4.79 Å². The van der Waals surface area contributed by atoms with Gasteiger partial charge in [0.25, 0.3) is 5.91 Å². The summed E-state index contributed by atoms with van der Waals surface area (Å²) in [6, 6.07) is 22.7. The van der Waals surface area contributed by atoms with Crippen molar-refractivity contribution >= 4 is 35.0 Å². The quantitative estimate of drug-likeness (QED) is 0.520. The van der Waals surface area contributed by atoms with Crippen molar-refractivity contribution in [1.82, 2.24) is 4.98 Å². The maximum absolute atomic E-state index is 12.4. The third kappa shape index (κ3) is 7.47. The zero-order chi connectivity index (χ0) is 22.6. The molecule has 0 aliphatic carbocycles. The lowest BCUT2D eigenvalue weighted by molar-refractivity contribution is -0.134. The standard InChI is InChI=1S/C19H17N3O.C4H4O4/c1-22(16-11-6-3-7-12-16)18-17(13-8-14-20-18)21-19(23)15-9-4-2-5-10-15;5-3(6)1-2-4(7)8/h2-14H,1H3,(H,21,23);1-2H,(H,5,6)(H,7,8)/b;2-1+. The Hall–Kier alpha value is -4.46. The SMILES string of the molecule is CN(c1ccccc1)c1ncccc1NC(=O)c1ccccc1.O=C(O)/C=C/C(=O)O. The van der Waals surface area contributed by atoms with Gasteiger partial charge in [0.05, 0.1) is 5.69 Å². The smallest absolute Gasteiger partial charge is 0.328 e. The molecule has 31 heavy (non-hydrogen) atoms. The molecule has 0 saturated carbocycles. The minimum Gasteiger partial charge on any atom is -0.478 e. The Bertz CT molecular complexity index is 1040. The highest BCUT2D eigenvalue weighted by Crippen LogP contribution is 2.28. The Morgan fingerprint density at radius 3 is 1.94 bits per heavy atom. The molecule has 1 aromatic heterocycles. The molecule has 1 heterocycles. The molecule has 3 N–H and O–H groups in total. The van der Waals surface area contributed by atoms with Crippen LogP contribution in [0.5, 0.6) is 0 Å². The average Bonchev–Trinajstić information content (AvgIpc) is 2.79. The summed E-state index contributed by atoms with van der Waals surface area (Å²) in [5.74, 6) is -1.97. The predicted octanol–water partition coefficient (Wildman–Crippen LogP) is 3.81. The number of carbonyl (C=O) groups is 3. The van der Waals surface area contributed by atoms with E-state index in [1.165, 1.54) is 0 Å². The number of para-hydroxylation sites is 1. The number of aliphatic carboxylic acids is 2. The molecule has 0 atom stereocenters. The van der Waals surface area contributed by atoms with Crippen LogP contribution in [0.2, 0.25) is 0 Å². The molecule has 3 rings (SSSR count). The van der Waals surface area contributed by atoms with Gasteiger partial charge in [0.15, 0.2) is 5.82 Å². The number of aromatic nitrogens is 1. The molecule has 0 bridgehead atoms. The molecular weight excluding hydrogens is 398 g/mol. The highest BCUT2D eigenvalue weighted by Gasteiger charge is 2.13. The molecule has 0 aliphatic rings. The van der Waals surface area contributed by atoms with Gasteiger partial charge in [-0.05, 0) is 36.4 Å². The summed E-state index contributed by atoms with van der Waals surface area (Å²) < 4.78 is 0. The van der Waals surface area contributed by atoms with E-state index in [2.05, 4.69) is 10.3 Å². The van der Waals surface area contributed by atoms with Gasteiger partial charge in [0, 0.05) is 36.6 Å². The molecule has 8 nitrogen and oxygen atoms in total. The van der Waals surface area contributed by atoms with Crippen LogP contribution in [0.3, 0.4) is 0 Å². The molecular formula is C23H21N3O5. The van der Waals surface area contributed by atoms with Crippen LogP contribution < -0.4 is 10.2 Å². The summed E-state index contributed by atoms with van der Waals surface area (Å²) in [4.78, 5) is 37.8. The topological polar surface area (TPSA) is 120 Å². The van der Waals surface area contributed by atoms with Gasteiger partial charge in [-0.15, -0.1) is 0 Å². The van der Waals surface area contributed by atoms with Crippen LogP contribution in [0.15, 0.2) is 91.1 Å². The molecule has 0 spiro atoms. The van der Waals surface area contributed by atoms with E-state index >= 15 is 0 Å². The lowest BCUT2D eigenvalue weighted by Gasteiger charge is -2.21. The van der Waals surface area contributed by atoms with Crippen LogP contribution in [-0.2, 0) is 9.59 Å². The van der Waals surface area contributed by atoms with Gasteiger partial charge < -0.3 is 20.4 Å². The maximum Gasteiger partial charge on any atom is 0.328 e. The first kappa shape index (κ1) is 22.8. The van der Waals surface area contributed by atoms with E-state index in [1.807, 2.05) is 72.6 Å². The van der Waals surface area contributed by atoms with Gasteiger partial charge in [0.1, 0.15) is 0 Å². The number of carboxylic acid groups (broad SMARTS) is 2. The van der Waals surface area contributed by atoms with Gasteiger partial charge >= 0.3 is 11.9 Å². The van der Waals surface area contributed by atoms with E-state index in [1.54, 1.807) is 18.3 Å². The number of rotatable bonds is 6. The molecule has 0 radical (unpaired) electrons. The lowest BCUT2D eigenvalue weighted by Crippen LogP contribution is -2.17. The summed E-state index contributed by atoms with van der Waals surface area (Å²) in [5, 5.41) is 18.6. The van der Waals surface area contributed by atoms with Crippen molar-refractivity contribution in [3.8, 4) is 0 Å². The lowest BCUT2D eigenvalue weighted by atomic mass is 10.2. The Morgan fingerprint density at radius 1 is 0.839 bits per heavy atom. The first-order chi connectivity index (χ1) is 14.9. The number of benzene rings is 2. The van der Waals surface area contributed by atoms with Crippen LogP contribution in [-0.4, -0.2) is 40.1 Å². The first-order valence-electron chi connectivity index (χ1n) is 9.12. The van der Waals surface area contributed by atoms with Crippen LogP contribution in [0.25, 0.3) is 0 Å². The van der Waals surface area contributed by atoms with Crippen molar-refractivity contribution in [2.24, 2.45) is 0 Å². The summed E-state index contributed by atoms with van der Waals surface area (Å²) in [7, 11) is 1.93. The van der Waals surface area contributed by atoms with Crippen molar-refractivity contribution in [2.75, 3.05) is 17.3 Å². The molecule has 2 aromatic carbocycles. The molecule has 3 aromatic rings. The van der Waals surface area contributed by atoms with E-state index in [0.29, 0.717) is 29.2 Å². The first-order valence-corrected chi connectivity index (χ1v) is 9.12. The van der Waals surface area contributed by atoms with Crippen molar-refractivity contribution < 1.29 is 24.6 Å². The Kier molecular flexibility index (Phi) is 8.48. The average molecular weight is 419 g/mol. The fourth-order valence-electron chi connectivity index (χ4n) is 2.46. The summed E-state index contributed by atoms with van der Waals surface area (Å²) in [5.41, 5.74) is 2.29. The highest BCUT2D eigenvalue weighted by molar-refractivity contribution is 6.05. The van der Waals surface area contributed by atoms with E-state index in [9.17, 15) is 14.4 Å². The Labute approximate surface area is 179 Å². The van der Waals surface area contributed by atoms with Crippen LogP contribution >= 0.6 is 0 Å². The number of carbonyl (C=O) groups excluding carboxylic acids is 1. The van der Waals surface area contributed by atoms with Crippen molar-refractivity contribution in [2.45, 2.75) is 0 Å². The van der Waals surface area contributed by atoms with Gasteiger partial charge in [-0.2, -0.15) is 0 Å². The van der Waals surface area contributed by atoms with Gasteiger partial charge in [-0.25, -0.2) is 14.6 Å². The predicted molar refractivity (Wildman–Crippen MR) is 118 cm³/mol. The highest BCUT2D eigenvalue weighted by atomic mass is 16.4. The zero-order valence-corrected chi connectivity index (χ0v) is 16.7. The van der Waals surface area contributed by atoms with Crippen molar-refractivity contribution in [1.29, 1.82) is 0 Å². The molecule has 0 saturated heterocycles. The Balaban J connectivity index is 0.000000366. The minimum absolute atomic E-state index is 0.152. The number of hydrogen-bond donors (Lipinski definition) is 3. The molecule has 0 fully saturated rings. The van der Waals surface area contributed by atoms with E-state index in [4.69, 9.17) is 10.2 Å². The second kappa shape index (κ2) is 11.5. The molecule has 1 amide bonds. The van der Waals surface area contributed by atoms with Crippen molar-refractivity contribution in [3.63, 3.8) is 0 Å². The number of amides is 1. The largest absolute Gasteiger partial charge is 0.478 e. The summed E-state index contributed by atoms with van der Waals surface area (Å²) >= 11 is 0. The molecule has 158 valence electrons. The van der Waals surface area contributed by atoms with Crippen LogP contribution in [0.4, 0.5) is 17.2 Å². The second-order valence-electron chi connectivity index (χ2n) is 6.10. The molecule has 8 heteroatoms. The number of hydrogen-bond acceptors (Lipinski definition) is 5. The fourth-order valence-corrected chi connectivity index (χ4v) is 2.46. The third-order valence-electron chi connectivity index (χ3n) is 3.90. The normalized spacial score (nSPS) is 9.97. The fraction of sp³-hybridized carbons (Fsp3) is 0.0435. The van der Waals surface area contributed by atoms with E-state index in [-0.39, 0.29) is 5.91 Å². The minimum atomic E-state index is -1.26. The van der Waals surface area contributed by atoms with Gasteiger partial charge in [0.2, 0.25) is 0 Å². The molecule has 0 aliphatic heterocycles. The van der Waals surface area contributed by atoms with Crippen LogP contribution in [0.1, 0.15) is 10.4 Å². The number of nitrogens with zero attached hydrogens (tertiary/aromatic N) is 2. The second-order valence-corrected chi connectivity index (χ2v) is 6.10. The van der Waals surface area contributed by atoms with E-state index < -0.39 is 11.9 Å². The zero-order valence-electron chi connectivity index (χ0n) is 16.7. The number of nitrogens with one attached hydrogen (secondary N) is 1. The Morgan fingerprint density at radius 2 is 1.39 bits per heavy atom. The number of pyridine rings is 1. The number of carboxylic acids is 2.